The molecule has 1 fully saturated rings. The number of fused-ring (bicyclic) bond motifs is 1. The van der Waals surface area contributed by atoms with Gasteiger partial charge in [-0.3, -0.25) is 4.68 Å². The van der Waals surface area contributed by atoms with Crippen molar-refractivity contribution in [1.82, 2.24) is 14.8 Å². The van der Waals surface area contributed by atoms with E-state index in [4.69, 9.17) is 10.7 Å². The Kier molecular flexibility index (Phi) is 3.14. The fraction of sp³-hybridized carbons (Fsp3) is 0.571. The fourth-order valence-electron chi connectivity index (χ4n) is 2.64. The molecule has 0 spiro atoms. The van der Waals surface area contributed by atoms with Crippen molar-refractivity contribution in [3.05, 3.63) is 17.8 Å². The molecule has 5 heteroatoms. The van der Waals surface area contributed by atoms with Gasteiger partial charge in [0.2, 0.25) is 0 Å². The van der Waals surface area contributed by atoms with Crippen LogP contribution < -0.4 is 10.6 Å². The van der Waals surface area contributed by atoms with E-state index in [-0.39, 0.29) is 0 Å². The molecule has 2 aromatic heterocycles. The molecule has 5 nitrogen and oxygen atoms in total. The van der Waals surface area contributed by atoms with Crippen molar-refractivity contribution >= 4 is 16.9 Å². The van der Waals surface area contributed by atoms with Crippen LogP contribution in [-0.2, 0) is 6.54 Å². The maximum absolute atomic E-state index is 5.95. The molecule has 3 rings (SSSR count). The van der Waals surface area contributed by atoms with Crippen LogP contribution in [0.3, 0.4) is 0 Å². The minimum absolute atomic E-state index is 0.348. The molecule has 19 heavy (non-hydrogen) atoms. The van der Waals surface area contributed by atoms with Gasteiger partial charge in [0, 0.05) is 37.3 Å². The highest BCUT2D eigenvalue weighted by Gasteiger charge is 2.18. The smallest absolute Gasteiger partial charge is 0.183 e. The molecule has 3 heterocycles. The Morgan fingerprint density at radius 2 is 2.11 bits per heavy atom. The highest BCUT2D eigenvalue weighted by Crippen LogP contribution is 2.23. The van der Waals surface area contributed by atoms with E-state index in [1.807, 2.05) is 4.68 Å². The lowest BCUT2D eigenvalue weighted by molar-refractivity contribution is 0.499. The number of aryl methyl sites for hydroxylation is 2. The predicted molar refractivity (Wildman–Crippen MR) is 77.4 cm³/mol. The van der Waals surface area contributed by atoms with Crippen LogP contribution in [0.2, 0.25) is 0 Å². The first-order valence-electron chi connectivity index (χ1n) is 7.02. The third kappa shape index (κ3) is 2.30. The second kappa shape index (κ2) is 4.81. The molecule has 102 valence electrons. The number of hydrogen-bond acceptors (Lipinski definition) is 4. The molecule has 1 aliphatic heterocycles. The van der Waals surface area contributed by atoms with Crippen LogP contribution in [0.15, 0.2) is 12.3 Å². The summed E-state index contributed by atoms with van der Waals surface area (Å²) in [6, 6.07) is 2.52. The minimum atomic E-state index is 0.348. The van der Waals surface area contributed by atoms with E-state index in [9.17, 15) is 0 Å². The number of piperidine rings is 1. The summed E-state index contributed by atoms with van der Waals surface area (Å²) in [5.74, 6) is 1.04. The fourth-order valence-corrected chi connectivity index (χ4v) is 2.64. The molecule has 0 atom stereocenters. The van der Waals surface area contributed by atoms with Gasteiger partial charge < -0.3 is 10.6 Å². The maximum atomic E-state index is 5.95. The quantitative estimate of drug-likeness (QED) is 0.891. The lowest BCUT2D eigenvalue weighted by Gasteiger charge is -2.31. The number of nitrogens with two attached hydrogens (primary N) is 1. The van der Waals surface area contributed by atoms with Gasteiger partial charge in [0.05, 0.1) is 0 Å². The molecule has 0 aliphatic carbocycles. The van der Waals surface area contributed by atoms with Gasteiger partial charge in [0.25, 0.3) is 0 Å². The van der Waals surface area contributed by atoms with Crippen LogP contribution in [0.4, 0.5) is 5.82 Å². The van der Waals surface area contributed by atoms with Crippen LogP contribution in [0.5, 0.6) is 0 Å². The van der Waals surface area contributed by atoms with Crippen molar-refractivity contribution in [2.45, 2.75) is 39.3 Å². The van der Waals surface area contributed by atoms with E-state index in [1.54, 1.807) is 0 Å². The molecule has 0 amide bonds. The summed E-state index contributed by atoms with van der Waals surface area (Å²) in [5, 5.41) is 5.67. The van der Waals surface area contributed by atoms with Gasteiger partial charge in [0.15, 0.2) is 5.65 Å². The Hall–Kier alpha value is -1.62. The predicted octanol–water partition coefficient (Wildman–Crippen LogP) is 1.69. The van der Waals surface area contributed by atoms with E-state index in [0.29, 0.717) is 6.04 Å². The van der Waals surface area contributed by atoms with Crippen molar-refractivity contribution < 1.29 is 0 Å². The molecule has 1 aliphatic rings. The molecule has 0 bridgehead atoms. The summed E-state index contributed by atoms with van der Waals surface area (Å²) < 4.78 is 1.95. The second-order valence-electron chi connectivity index (χ2n) is 5.34. The van der Waals surface area contributed by atoms with Gasteiger partial charge in [-0.2, -0.15) is 5.10 Å². The average Bonchev–Trinajstić information content (AvgIpc) is 2.83. The van der Waals surface area contributed by atoms with Crippen LogP contribution in [0.25, 0.3) is 11.0 Å². The number of anilines is 1. The minimum Gasteiger partial charge on any atom is -0.356 e. The van der Waals surface area contributed by atoms with Crippen LogP contribution in [0, 0.1) is 6.92 Å². The van der Waals surface area contributed by atoms with Gasteiger partial charge in [-0.25, -0.2) is 4.98 Å². The lowest BCUT2D eigenvalue weighted by Crippen LogP contribution is -2.40. The molecule has 0 unspecified atom stereocenters. The zero-order valence-electron chi connectivity index (χ0n) is 11.6. The zero-order valence-corrected chi connectivity index (χ0v) is 11.6. The molecular weight excluding hydrogens is 238 g/mol. The van der Waals surface area contributed by atoms with E-state index in [0.717, 1.165) is 49.3 Å². The monoisotopic (exact) mass is 259 g/mol. The van der Waals surface area contributed by atoms with Crippen molar-refractivity contribution in [3.63, 3.8) is 0 Å². The van der Waals surface area contributed by atoms with Crippen molar-refractivity contribution in [2.24, 2.45) is 5.73 Å². The lowest BCUT2D eigenvalue weighted by atomic mass is 10.1. The molecule has 0 saturated carbocycles. The van der Waals surface area contributed by atoms with E-state index in [1.165, 1.54) is 5.56 Å². The largest absolute Gasteiger partial charge is 0.356 e. The zero-order chi connectivity index (χ0) is 13.4. The third-order valence-electron chi connectivity index (χ3n) is 3.92. The topological polar surface area (TPSA) is 60.0 Å². The van der Waals surface area contributed by atoms with E-state index >= 15 is 0 Å². The Labute approximate surface area is 113 Å². The summed E-state index contributed by atoms with van der Waals surface area (Å²) in [5.41, 5.74) is 8.05. The maximum Gasteiger partial charge on any atom is 0.183 e. The van der Waals surface area contributed by atoms with E-state index < -0.39 is 0 Å². The van der Waals surface area contributed by atoms with Crippen molar-refractivity contribution in [2.75, 3.05) is 18.0 Å². The van der Waals surface area contributed by atoms with Gasteiger partial charge in [-0.15, -0.1) is 0 Å². The highest BCUT2D eigenvalue weighted by molar-refractivity contribution is 5.80. The van der Waals surface area contributed by atoms with Gasteiger partial charge >= 0.3 is 0 Å². The summed E-state index contributed by atoms with van der Waals surface area (Å²) in [6.07, 6.45) is 4.16. The molecule has 2 N–H and O–H groups in total. The van der Waals surface area contributed by atoms with E-state index in [2.05, 4.69) is 36.1 Å². The number of nitrogens with zero attached hydrogens (tertiary/aromatic N) is 4. The number of aromatic nitrogens is 3. The Bertz CT molecular complexity index is 581. The molecule has 0 aromatic carbocycles. The van der Waals surface area contributed by atoms with Crippen LogP contribution in [0.1, 0.15) is 25.3 Å². The van der Waals surface area contributed by atoms with Crippen molar-refractivity contribution in [1.29, 1.82) is 0 Å². The Morgan fingerprint density at radius 1 is 1.37 bits per heavy atom. The van der Waals surface area contributed by atoms with Gasteiger partial charge in [-0.05, 0) is 38.3 Å². The van der Waals surface area contributed by atoms with Gasteiger partial charge in [-0.1, -0.05) is 0 Å². The third-order valence-corrected chi connectivity index (χ3v) is 3.92. The first-order valence-corrected chi connectivity index (χ1v) is 7.02. The average molecular weight is 259 g/mol. The number of pyridine rings is 1. The highest BCUT2D eigenvalue weighted by atomic mass is 15.3. The summed E-state index contributed by atoms with van der Waals surface area (Å²) >= 11 is 0. The Balaban J connectivity index is 1.96. The number of rotatable bonds is 2. The first kappa shape index (κ1) is 12.4. The Morgan fingerprint density at radius 3 is 2.79 bits per heavy atom. The molecule has 0 radical (unpaired) electrons. The second-order valence-corrected chi connectivity index (χ2v) is 5.34. The summed E-state index contributed by atoms with van der Waals surface area (Å²) in [4.78, 5) is 7.03. The molecule has 1 saturated heterocycles. The summed E-state index contributed by atoms with van der Waals surface area (Å²) in [7, 11) is 0. The SMILES string of the molecule is CCn1cc2c(C)cc(N3CCC(N)CC3)nc2n1. The van der Waals surface area contributed by atoms with Crippen LogP contribution in [-0.4, -0.2) is 33.9 Å². The van der Waals surface area contributed by atoms with Crippen molar-refractivity contribution in [3.8, 4) is 0 Å². The molecule has 2 aromatic rings. The van der Waals surface area contributed by atoms with Gasteiger partial charge in [0.1, 0.15) is 5.82 Å². The molecular formula is C14H21N5. The standard InChI is InChI=1S/C14H21N5/c1-3-19-9-12-10(2)8-13(16-14(12)17-19)18-6-4-11(15)5-7-18/h8-9,11H,3-7,15H2,1-2H3. The summed E-state index contributed by atoms with van der Waals surface area (Å²) in [6.45, 7) is 7.09. The first-order chi connectivity index (χ1) is 9.17. The van der Waals surface area contributed by atoms with Crippen LogP contribution >= 0.6 is 0 Å². The number of hydrogen-bond donors (Lipinski definition) is 1. The normalized spacial score (nSPS) is 17.3.